The molecule has 3 heteroatoms. The summed E-state index contributed by atoms with van der Waals surface area (Å²) in [6.45, 7) is 4.61. The van der Waals surface area contributed by atoms with Crippen molar-refractivity contribution in [3.63, 3.8) is 0 Å². The number of aryl methyl sites for hydroxylation is 1. The van der Waals surface area contributed by atoms with Crippen molar-refractivity contribution in [3.05, 3.63) is 17.0 Å². The third-order valence-electron chi connectivity index (χ3n) is 4.66. The van der Waals surface area contributed by atoms with E-state index < -0.39 is 0 Å². The van der Waals surface area contributed by atoms with Crippen LogP contribution in [0.3, 0.4) is 0 Å². The smallest absolute Gasteiger partial charge is 0.0700 e. The minimum absolute atomic E-state index is 0.652. The fourth-order valence-electron chi connectivity index (χ4n) is 3.67. The summed E-state index contributed by atoms with van der Waals surface area (Å²) in [6, 6.07) is 0. The summed E-state index contributed by atoms with van der Waals surface area (Å²) in [7, 11) is 0. The lowest BCUT2D eigenvalue weighted by Gasteiger charge is -2.26. The monoisotopic (exact) mass is 247 g/mol. The summed E-state index contributed by atoms with van der Waals surface area (Å²) in [5.74, 6) is 1.55. The first-order valence-corrected chi connectivity index (χ1v) is 7.65. The van der Waals surface area contributed by atoms with Crippen LogP contribution in [0.1, 0.15) is 61.9 Å². The zero-order valence-corrected chi connectivity index (χ0v) is 11.5. The van der Waals surface area contributed by atoms with Gasteiger partial charge in [-0.1, -0.05) is 19.8 Å². The van der Waals surface area contributed by atoms with Crippen molar-refractivity contribution < 1.29 is 0 Å². The molecule has 2 atom stereocenters. The van der Waals surface area contributed by atoms with E-state index >= 15 is 0 Å². The van der Waals surface area contributed by atoms with Gasteiger partial charge in [0.25, 0.3) is 0 Å². The molecule has 2 heterocycles. The second-order valence-corrected chi connectivity index (χ2v) is 6.01. The average Bonchev–Trinajstić information content (AvgIpc) is 2.83. The summed E-state index contributed by atoms with van der Waals surface area (Å²) in [5.41, 5.74) is 4.40. The van der Waals surface area contributed by atoms with Crippen LogP contribution in [-0.4, -0.2) is 23.3 Å². The van der Waals surface area contributed by atoms with Crippen LogP contribution in [0.15, 0.2) is 0 Å². The van der Waals surface area contributed by atoms with Gasteiger partial charge in [0.15, 0.2) is 0 Å². The minimum atomic E-state index is 0.652. The van der Waals surface area contributed by atoms with E-state index in [0.717, 1.165) is 12.5 Å². The Bertz CT molecular complexity index is 390. The highest BCUT2D eigenvalue weighted by molar-refractivity contribution is 5.31. The van der Waals surface area contributed by atoms with Crippen molar-refractivity contribution in [2.24, 2.45) is 5.92 Å². The number of nitrogens with zero attached hydrogens (tertiary/aromatic N) is 1. The van der Waals surface area contributed by atoms with Crippen molar-refractivity contribution in [2.45, 2.75) is 57.8 Å². The number of hydrogen-bond acceptors (Lipinski definition) is 2. The largest absolute Gasteiger partial charge is 0.316 e. The van der Waals surface area contributed by atoms with Gasteiger partial charge in [-0.25, -0.2) is 0 Å². The Kier molecular flexibility index (Phi) is 3.69. The second-order valence-electron chi connectivity index (χ2n) is 6.01. The van der Waals surface area contributed by atoms with Crippen LogP contribution >= 0.6 is 0 Å². The highest BCUT2D eigenvalue weighted by Gasteiger charge is 2.27. The molecule has 3 rings (SSSR count). The molecule has 2 unspecified atom stereocenters. The van der Waals surface area contributed by atoms with E-state index in [9.17, 15) is 0 Å². The zero-order valence-electron chi connectivity index (χ0n) is 11.5. The fraction of sp³-hybridized carbons (Fsp3) is 0.800. The third-order valence-corrected chi connectivity index (χ3v) is 4.66. The fourth-order valence-corrected chi connectivity index (χ4v) is 3.67. The summed E-state index contributed by atoms with van der Waals surface area (Å²) < 4.78 is 0. The molecule has 0 bridgehead atoms. The SMILES string of the molecule is CCCC1CCc2[nH]nc(C3CCCNC3)c2C1. The Labute approximate surface area is 110 Å². The van der Waals surface area contributed by atoms with E-state index in [1.165, 1.54) is 62.9 Å². The number of rotatable bonds is 3. The van der Waals surface area contributed by atoms with Gasteiger partial charge in [-0.2, -0.15) is 5.10 Å². The van der Waals surface area contributed by atoms with E-state index in [-0.39, 0.29) is 0 Å². The number of aromatic nitrogens is 2. The number of hydrogen-bond donors (Lipinski definition) is 2. The topological polar surface area (TPSA) is 40.7 Å². The molecule has 0 amide bonds. The molecule has 1 fully saturated rings. The van der Waals surface area contributed by atoms with Gasteiger partial charge >= 0.3 is 0 Å². The van der Waals surface area contributed by atoms with E-state index in [1.54, 1.807) is 5.56 Å². The molecule has 1 aromatic rings. The second kappa shape index (κ2) is 5.43. The normalized spacial score (nSPS) is 28.1. The Hall–Kier alpha value is -0.830. The zero-order chi connectivity index (χ0) is 12.4. The number of fused-ring (bicyclic) bond motifs is 1. The van der Waals surface area contributed by atoms with Gasteiger partial charge in [-0.15, -0.1) is 0 Å². The van der Waals surface area contributed by atoms with Crippen LogP contribution < -0.4 is 5.32 Å². The first kappa shape index (κ1) is 12.2. The highest BCUT2D eigenvalue weighted by atomic mass is 15.1. The molecule has 0 saturated carbocycles. The van der Waals surface area contributed by atoms with Crippen LogP contribution in [0.25, 0.3) is 0 Å². The third kappa shape index (κ3) is 2.33. The van der Waals surface area contributed by atoms with Crippen LogP contribution in [-0.2, 0) is 12.8 Å². The van der Waals surface area contributed by atoms with Gasteiger partial charge in [0.2, 0.25) is 0 Å². The van der Waals surface area contributed by atoms with Crippen LogP contribution in [0.4, 0.5) is 0 Å². The number of nitrogens with one attached hydrogen (secondary N) is 2. The molecule has 1 aromatic heterocycles. The number of H-pyrrole nitrogens is 1. The first-order chi connectivity index (χ1) is 8.88. The van der Waals surface area contributed by atoms with Gasteiger partial charge in [0.05, 0.1) is 5.69 Å². The van der Waals surface area contributed by atoms with Crippen molar-refractivity contribution in [1.82, 2.24) is 15.5 Å². The molecule has 1 aliphatic carbocycles. The quantitative estimate of drug-likeness (QED) is 0.862. The summed E-state index contributed by atoms with van der Waals surface area (Å²) in [6.07, 6.45) is 9.14. The van der Waals surface area contributed by atoms with Crippen molar-refractivity contribution >= 4 is 0 Å². The lowest BCUT2D eigenvalue weighted by atomic mass is 9.81. The lowest BCUT2D eigenvalue weighted by molar-refractivity contribution is 0.412. The molecule has 3 nitrogen and oxygen atoms in total. The van der Waals surface area contributed by atoms with E-state index in [0.29, 0.717) is 5.92 Å². The van der Waals surface area contributed by atoms with Crippen LogP contribution in [0.5, 0.6) is 0 Å². The number of aromatic amines is 1. The first-order valence-electron chi connectivity index (χ1n) is 7.65. The molecule has 0 radical (unpaired) electrons. The molecular formula is C15H25N3. The van der Waals surface area contributed by atoms with E-state index in [1.807, 2.05) is 0 Å². The Morgan fingerprint density at radius 1 is 1.33 bits per heavy atom. The van der Waals surface area contributed by atoms with Gasteiger partial charge in [0.1, 0.15) is 0 Å². The molecule has 2 aliphatic rings. The van der Waals surface area contributed by atoms with Crippen molar-refractivity contribution in [3.8, 4) is 0 Å². The van der Waals surface area contributed by atoms with Crippen molar-refractivity contribution in [1.29, 1.82) is 0 Å². The predicted molar refractivity (Wildman–Crippen MR) is 73.9 cm³/mol. The summed E-state index contributed by atoms with van der Waals surface area (Å²) in [5, 5.41) is 11.5. The Balaban J connectivity index is 1.78. The lowest BCUT2D eigenvalue weighted by Crippen LogP contribution is -2.29. The molecule has 1 saturated heterocycles. The van der Waals surface area contributed by atoms with Gasteiger partial charge in [-0.3, -0.25) is 5.10 Å². The van der Waals surface area contributed by atoms with Crippen LogP contribution in [0, 0.1) is 5.92 Å². The maximum absolute atomic E-state index is 4.65. The maximum atomic E-state index is 4.65. The maximum Gasteiger partial charge on any atom is 0.0700 e. The highest BCUT2D eigenvalue weighted by Crippen LogP contribution is 2.33. The van der Waals surface area contributed by atoms with E-state index in [2.05, 4.69) is 22.4 Å². The summed E-state index contributed by atoms with van der Waals surface area (Å²) >= 11 is 0. The van der Waals surface area contributed by atoms with Gasteiger partial charge in [0, 0.05) is 18.2 Å². The molecular weight excluding hydrogens is 222 g/mol. The standard InChI is InChI=1S/C15H25N3/c1-2-4-11-6-7-14-13(9-11)15(18-17-14)12-5-3-8-16-10-12/h11-12,16H,2-10H2,1H3,(H,17,18). The Morgan fingerprint density at radius 2 is 2.28 bits per heavy atom. The van der Waals surface area contributed by atoms with Crippen molar-refractivity contribution in [2.75, 3.05) is 13.1 Å². The predicted octanol–water partition coefficient (Wildman–Crippen LogP) is 2.78. The molecule has 18 heavy (non-hydrogen) atoms. The van der Waals surface area contributed by atoms with Gasteiger partial charge in [-0.05, 0) is 50.1 Å². The van der Waals surface area contributed by atoms with Crippen LogP contribution in [0.2, 0.25) is 0 Å². The molecule has 0 aromatic carbocycles. The number of piperidine rings is 1. The van der Waals surface area contributed by atoms with Gasteiger partial charge < -0.3 is 5.32 Å². The average molecular weight is 247 g/mol. The molecule has 2 N–H and O–H groups in total. The summed E-state index contributed by atoms with van der Waals surface area (Å²) in [4.78, 5) is 0. The Morgan fingerprint density at radius 3 is 3.06 bits per heavy atom. The van der Waals surface area contributed by atoms with E-state index in [4.69, 9.17) is 0 Å². The molecule has 100 valence electrons. The molecule has 1 aliphatic heterocycles. The molecule has 0 spiro atoms. The minimum Gasteiger partial charge on any atom is -0.316 e.